The van der Waals surface area contributed by atoms with Crippen molar-refractivity contribution in [2.24, 2.45) is 5.92 Å². The van der Waals surface area contributed by atoms with Gasteiger partial charge in [-0.2, -0.15) is 0 Å². The summed E-state index contributed by atoms with van der Waals surface area (Å²) in [4.78, 5) is 0. The molecule has 1 heteroatoms. The predicted molar refractivity (Wildman–Crippen MR) is 61.0 cm³/mol. The number of fused-ring (bicyclic) bond motifs is 2. The van der Waals surface area contributed by atoms with Crippen molar-refractivity contribution in [3.05, 3.63) is 0 Å². The van der Waals surface area contributed by atoms with Crippen molar-refractivity contribution in [3.63, 3.8) is 0 Å². The number of rotatable bonds is 0. The summed E-state index contributed by atoms with van der Waals surface area (Å²) < 4.78 is 0. The smallest absolute Gasteiger partial charge is 0.00958 e. The first kappa shape index (κ1) is 13.0. The van der Waals surface area contributed by atoms with Crippen molar-refractivity contribution >= 4 is 0 Å². The Bertz CT molecular complexity index is 112. The van der Waals surface area contributed by atoms with Crippen LogP contribution >= 0.6 is 0 Å². The molecular formula is C12H27N. The molecule has 2 heterocycles. The van der Waals surface area contributed by atoms with Crippen LogP contribution in [0.3, 0.4) is 0 Å². The molecule has 0 aliphatic carbocycles. The van der Waals surface area contributed by atoms with E-state index in [0.717, 1.165) is 18.0 Å². The standard InChI is InChI=1S/C8H15N.2C2H6/c1-6-2-3-7-4-5-8(6)9-7;2*1-2/h6-9H,2-5H2,1H3;2*1-2H3. The molecular weight excluding hydrogens is 158 g/mol. The van der Waals surface area contributed by atoms with E-state index in [2.05, 4.69) is 12.2 Å². The zero-order valence-corrected chi connectivity index (χ0v) is 10.1. The highest BCUT2D eigenvalue weighted by atomic mass is 15.0. The molecule has 80 valence electrons. The monoisotopic (exact) mass is 185 g/mol. The molecule has 3 atom stereocenters. The molecule has 0 aromatic heterocycles. The van der Waals surface area contributed by atoms with E-state index < -0.39 is 0 Å². The normalized spacial score (nSPS) is 35.3. The highest BCUT2D eigenvalue weighted by Crippen LogP contribution is 2.30. The fraction of sp³-hybridized carbons (Fsp3) is 1.00. The Balaban J connectivity index is 0.000000322. The molecule has 0 amide bonds. The van der Waals surface area contributed by atoms with Gasteiger partial charge in [-0.3, -0.25) is 0 Å². The SMILES string of the molecule is CC.CC.CC1CCC2CCC1N2. The first-order chi connectivity index (χ1) is 6.36. The van der Waals surface area contributed by atoms with Crippen molar-refractivity contribution in [2.75, 3.05) is 0 Å². The lowest BCUT2D eigenvalue weighted by Crippen LogP contribution is -2.38. The Kier molecular flexibility index (Phi) is 7.35. The quantitative estimate of drug-likeness (QED) is 0.608. The maximum atomic E-state index is 3.64. The van der Waals surface area contributed by atoms with Gasteiger partial charge in [-0.25, -0.2) is 0 Å². The Labute approximate surface area is 84.3 Å². The molecule has 2 rings (SSSR count). The first-order valence-corrected chi connectivity index (χ1v) is 6.12. The van der Waals surface area contributed by atoms with Gasteiger partial charge in [0.1, 0.15) is 0 Å². The summed E-state index contributed by atoms with van der Waals surface area (Å²) in [5.74, 6) is 0.948. The second kappa shape index (κ2) is 7.37. The zero-order chi connectivity index (χ0) is 10.3. The van der Waals surface area contributed by atoms with Gasteiger partial charge in [0.15, 0.2) is 0 Å². The summed E-state index contributed by atoms with van der Waals surface area (Å²) in [6.45, 7) is 10.4. The molecule has 2 bridgehead atoms. The van der Waals surface area contributed by atoms with E-state index in [0.29, 0.717) is 0 Å². The maximum absolute atomic E-state index is 3.64. The van der Waals surface area contributed by atoms with Crippen molar-refractivity contribution in [3.8, 4) is 0 Å². The van der Waals surface area contributed by atoms with Crippen LogP contribution in [0.15, 0.2) is 0 Å². The lowest BCUT2D eigenvalue weighted by Gasteiger charge is -2.26. The molecule has 0 aromatic carbocycles. The van der Waals surface area contributed by atoms with Gasteiger partial charge in [0.25, 0.3) is 0 Å². The van der Waals surface area contributed by atoms with Crippen LogP contribution in [-0.4, -0.2) is 12.1 Å². The van der Waals surface area contributed by atoms with E-state index in [9.17, 15) is 0 Å². The largest absolute Gasteiger partial charge is 0.311 e. The van der Waals surface area contributed by atoms with Gasteiger partial charge in [-0.15, -0.1) is 0 Å². The second-order valence-corrected chi connectivity index (χ2v) is 3.60. The molecule has 0 spiro atoms. The molecule has 0 radical (unpaired) electrons. The first-order valence-electron chi connectivity index (χ1n) is 6.12. The van der Waals surface area contributed by atoms with Gasteiger partial charge in [-0.1, -0.05) is 34.6 Å². The zero-order valence-electron chi connectivity index (χ0n) is 10.1. The molecule has 2 saturated heterocycles. The van der Waals surface area contributed by atoms with Crippen LogP contribution in [0.4, 0.5) is 0 Å². The topological polar surface area (TPSA) is 12.0 Å². The Morgan fingerprint density at radius 1 is 0.846 bits per heavy atom. The van der Waals surface area contributed by atoms with E-state index in [1.54, 1.807) is 0 Å². The number of hydrogen-bond donors (Lipinski definition) is 1. The Morgan fingerprint density at radius 2 is 1.38 bits per heavy atom. The number of nitrogens with one attached hydrogen (secondary N) is 1. The summed E-state index contributed by atoms with van der Waals surface area (Å²) in [6, 6.07) is 1.77. The lowest BCUT2D eigenvalue weighted by molar-refractivity contribution is 0.311. The van der Waals surface area contributed by atoms with Crippen LogP contribution in [0.25, 0.3) is 0 Å². The van der Waals surface area contributed by atoms with Gasteiger partial charge >= 0.3 is 0 Å². The highest BCUT2D eigenvalue weighted by Gasteiger charge is 2.32. The second-order valence-electron chi connectivity index (χ2n) is 3.60. The molecule has 0 aromatic rings. The fourth-order valence-electron chi connectivity index (χ4n) is 2.19. The van der Waals surface area contributed by atoms with Gasteiger partial charge in [0.2, 0.25) is 0 Å². The third-order valence-corrected chi connectivity index (χ3v) is 2.93. The summed E-state index contributed by atoms with van der Waals surface area (Å²) in [7, 11) is 0. The van der Waals surface area contributed by atoms with Crippen LogP contribution in [0, 0.1) is 5.92 Å². The van der Waals surface area contributed by atoms with Gasteiger partial charge in [0.05, 0.1) is 0 Å². The molecule has 13 heavy (non-hydrogen) atoms. The van der Waals surface area contributed by atoms with Gasteiger partial charge < -0.3 is 5.32 Å². The average molecular weight is 185 g/mol. The summed E-state index contributed by atoms with van der Waals surface area (Å²) >= 11 is 0. The third kappa shape index (κ3) is 3.68. The fourth-order valence-corrected chi connectivity index (χ4v) is 2.19. The van der Waals surface area contributed by atoms with Crippen molar-refractivity contribution in [1.29, 1.82) is 0 Å². The van der Waals surface area contributed by atoms with Crippen LogP contribution in [0.2, 0.25) is 0 Å². The van der Waals surface area contributed by atoms with Crippen LogP contribution in [0.1, 0.15) is 60.3 Å². The maximum Gasteiger partial charge on any atom is 0.00958 e. The Hall–Kier alpha value is -0.0400. The van der Waals surface area contributed by atoms with E-state index >= 15 is 0 Å². The summed E-state index contributed by atoms with van der Waals surface area (Å²) in [6.07, 6.45) is 5.76. The molecule has 0 saturated carbocycles. The van der Waals surface area contributed by atoms with Gasteiger partial charge in [0, 0.05) is 12.1 Å². The summed E-state index contributed by atoms with van der Waals surface area (Å²) in [5.41, 5.74) is 0. The number of piperidine rings is 1. The average Bonchev–Trinajstić information content (AvgIpc) is 2.63. The van der Waals surface area contributed by atoms with Crippen molar-refractivity contribution < 1.29 is 0 Å². The third-order valence-electron chi connectivity index (χ3n) is 2.93. The van der Waals surface area contributed by atoms with E-state index in [4.69, 9.17) is 0 Å². The number of hydrogen-bond acceptors (Lipinski definition) is 1. The molecule has 2 aliphatic rings. The molecule has 2 fully saturated rings. The highest BCUT2D eigenvalue weighted by molar-refractivity contribution is 4.91. The lowest BCUT2D eigenvalue weighted by atomic mass is 9.94. The van der Waals surface area contributed by atoms with Crippen LogP contribution in [0.5, 0.6) is 0 Å². The van der Waals surface area contributed by atoms with Crippen LogP contribution in [-0.2, 0) is 0 Å². The van der Waals surface area contributed by atoms with Gasteiger partial charge in [-0.05, 0) is 31.6 Å². The minimum Gasteiger partial charge on any atom is -0.311 e. The predicted octanol–water partition coefficient (Wildman–Crippen LogP) is 3.59. The van der Waals surface area contributed by atoms with Crippen LogP contribution < -0.4 is 5.32 Å². The summed E-state index contributed by atoms with van der Waals surface area (Å²) in [5, 5.41) is 3.64. The van der Waals surface area contributed by atoms with Crippen molar-refractivity contribution in [2.45, 2.75) is 72.4 Å². The van der Waals surface area contributed by atoms with E-state index in [1.165, 1.54) is 25.7 Å². The van der Waals surface area contributed by atoms with E-state index in [1.807, 2.05) is 27.7 Å². The molecule has 3 unspecified atom stereocenters. The Morgan fingerprint density at radius 3 is 1.92 bits per heavy atom. The molecule has 1 N–H and O–H groups in total. The minimum absolute atomic E-state index is 0.878. The van der Waals surface area contributed by atoms with Crippen molar-refractivity contribution in [1.82, 2.24) is 5.32 Å². The minimum atomic E-state index is 0.878. The molecule has 2 aliphatic heterocycles. The molecule has 1 nitrogen and oxygen atoms in total. The van der Waals surface area contributed by atoms with E-state index in [-0.39, 0.29) is 0 Å².